The van der Waals surface area contributed by atoms with Crippen LogP contribution in [-0.2, 0) is 14.4 Å². The molecule has 1 aromatic carbocycles. The molecule has 0 unspecified atom stereocenters. The summed E-state index contributed by atoms with van der Waals surface area (Å²) in [5.74, 6) is 0. The molecule has 0 fully saturated rings. The molecule has 0 saturated carbocycles. The predicted octanol–water partition coefficient (Wildman–Crippen LogP) is 0.203. The van der Waals surface area contributed by atoms with E-state index in [1.54, 1.807) is 6.07 Å². The monoisotopic (exact) mass is 226 g/mol. The van der Waals surface area contributed by atoms with E-state index in [1.165, 1.54) is 24.3 Å². The van der Waals surface area contributed by atoms with Crippen molar-refractivity contribution in [2.24, 2.45) is 0 Å². The van der Waals surface area contributed by atoms with Crippen molar-refractivity contribution in [3.63, 3.8) is 0 Å². The molecule has 0 aromatic heterocycles. The third-order valence-corrected chi connectivity index (χ3v) is 2.36. The Kier molecular flexibility index (Phi) is 5.06. The molecule has 0 bridgehead atoms. The zero-order chi connectivity index (χ0) is 9.90. The third kappa shape index (κ3) is 3.62. The Morgan fingerprint density at radius 1 is 1.21 bits per heavy atom. The number of rotatable bonds is 3. The van der Waals surface area contributed by atoms with Crippen LogP contribution in [0.4, 0.5) is 0 Å². The molecule has 14 heavy (non-hydrogen) atoms. The molecule has 71 valence electrons. The summed E-state index contributed by atoms with van der Waals surface area (Å²) in [6.45, 7) is 0. The van der Waals surface area contributed by atoms with Crippen LogP contribution >= 0.6 is 0 Å². The first kappa shape index (κ1) is 13.4. The van der Waals surface area contributed by atoms with E-state index in [0.717, 1.165) is 0 Å². The van der Waals surface area contributed by atoms with Gasteiger partial charge < -0.3 is 0 Å². The van der Waals surface area contributed by atoms with Gasteiger partial charge >= 0.3 is 15.2 Å². The van der Waals surface area contributed by atoms with Crippen LogP contribution in [0.15, 0.2) is 35.2 Å². The van der Waals surface area contributed by atoms with Crippen molar-refractivity contribution in [3.05, 3.63) is 40.4 Å². The van der Waals surface area contributed by atoms with Crippen LogP contribution in [0.2, 0.25) is 0 Å². The van der Waals surface area contributed by atoms with Gasteiger partial charge in [-0.2, -0.15) is 12.7 Å². The second-order valence-corrected chi connectivity index (χ2v) is 3.59. The Balaban J connectivity index is 0.00000169. The van der Waals surface area contributed by atoms with Crippen molar-refractivity contribution in [2.75, 3.05) is 0 Å². The molecule has 6 nitrogen and oxygen atoms in total. The van der Waals surface area contributed by atoms with Crippen LogP contribution in [-0.4, -0.2) is 43.1 Å². The molecule has 8 heteroatoms. The van der Waals surface area contributed by atoms with Gasteiger partial charge in [0.25, 0.3) is 0 Å². The van der Waals surface area contributed by atoms with Gasteiger partial charge in [0.15, 0.2) is 0 Å². The van der Waals surface area contributed by atoms with Gasteiger partial charge in [0.05, 0.1) is 4.90 Å². The minimum Gasteiger partial charge on any atom is -0.196 e. The smallest absolute Gasteiger partial charge is 0.196 e. The Bertz CT molecular complexity index is 403. The minimum atomic E-state index is -4.26. The molecular weight excluding hydrogens is 221 g/mol. The van der Waals surface area contributed by atoms with E-state index in [2.05, 4.69) is 4.28 Å². The molecule has 0 aliphatic rings. The Hall–Kier alpha value is -0.630. The molecule has 1 radical (unpaired) electrons. The Morgan fingerprint density at radius 3 is 2.14 bits per heavy atom. The van der Waals surface area contributed by atoms with Gasteiger partial charge in [-0.1, -0.05) is 18.2 Å². The van der Waals surface area contributed by atoms with E-state index >= 15 is 0 Å². The summed E-state index contributed by atoms with van der Waals surface area (Å²) in [5.41, 5.74) is 0. The van der Waals surface area contributed by atoms with Gasteiger partial charge in [0.1, 0.15) is 0 Å². The topological polar surface area (TPSA) is 86.5 Å². The fourth-order valence-corrected chi connectivity index (χ4v) is 1.45. The summed E-state index contributed by atoms with van der Waals surface area (Å²) in [4.78, 5) is 9.55. The second kappa shape index (κ2) is 5.30. The maximum absolute atomic E-state index is 11.0. The molecular formula is C6H5NNaO5S. The molecule has 0 N–H and O–H groups in total. The molecule has 1 aromatic rings. The van der Waals surface area contributed by atoms with Gasteiger partial charge in [0, 0.05) is 29.6 Å². The van der Waals surface area contributed by atoms with E-state index in [1.807, 2.05) is 0 Å². The zero-order valence-electron chi connectivity index (χ0n) is 7.28. The second-order valence-electron chi connectivity index (χ2n) is 2.07. The summed E-state index contributed by atoms with van der Waals surface area (Å²) in [6, 6.07) is 6.88. The van der Waals surface area contributed by atoms with Gasteiger partial charge in [0.2, 0.25) is 0 Å². The maximum atomic E-state index is 11.0. The third-order valence-electron chi connectivity index (χ3n) is 1.19. The van der Waals surface area contributed by atoms with Crippen LogP contribution in [0, 0.1) is 10.1 Å². The van der Waals surface area contributed by atoms with Gasteiger partial charge in [-0.15, -0.1) is 10.1 Å². The normalized spacial score (nSPS) is 10.0. The number of benzene rings is 1. The van der Waals surface area contributed by atoms with Crippen molar-refractivity contribution in [1.82, 2.24) is 0 Å². The molecule has 0 atom stereocenters. The van der Waals surface area contributed by atoms with Gasteiger partial charge in [-0.3, -0.25) is 0 Å². The van der Waals surface area contributed by atoms with Crippen LogP contribution in [0.1, 0.15) is 0 Å². The minimum absolute atomic E-state index is 0. The fourth-order valence-electron chi connectivity index (χ4n) is 0.710. The van der Waals surface area contributed by atoms with E-state index in [0.29, 0.717) is 0 Å². The first-order valence-electron chi connectivity index (χ1n) is 3.16. The molecule has 0 aliphatic carbocycles. The summed E-state index contributed by atoms with van der Waals surface area (Å²) in [5, 5.41) is 8.43. The van der Waals surface area contributed by atoms with Gasteiger partial charge in [-0.25, -0.2) is 0 Å². The van der Waals surface area contributed by atoms with Crippen molar-refractivity contribution in [2.45, 2.75) is 4.90 Å². The number of hydrogen-bond acceptors (Lipinski definition) is 5. The van der Waals surface area contributed by atoms with Crippen LogP contribution < -0.4 is 0 Å². The molecule has 0 amide bonds. The van der Waals surface area contributed by atoms with Crippen molar-refractivity contribution >= 4 is 39.7 Å². The van der Waals surface area contributed by atoms with Crippen LogP contribution in [0.25, 0.3) is 0 Å². The van der Waals surface area contributed by atoms with Crippen molar-refractivity contribution < 1.29 is 17.8 Å². The fraction of sp³-hybridized carbons (Fsp3) is 0. The summed E-state index contributed by atoms with van der Waals surface area (Å²) in [7, 11) is -4.26. The molecule has 1 rings (SSSR count). The standard InChI is InChI=1S/C6H5NO5S.Na/c8-7(9)12-13(10,11)6-4-2-1-3-5-6;/h1-5H;. The summed E-state index contributed by atoms with van der Waals surface area (Å²) < 4.78 is 25.5. The maximum Gasteiger partial charge on any atom is 0.334 e. The quantitative estimate of drug-likeness (QED) is 0.417. The number of nitrogens with zero attached hydrogens (tertiary/aromatic N) is 1. The van der Waals surface area contributed by atoms with E-state index < -0.39 is 15.2 Å². The molecule has 0 saturated heterocycles. The molecule has 0 aliphatic heterocycles. The average molecular weight is 226 g/mol. The van der Waals surface area contributed by atoms with E-state index in [9.17, 15) is 18.5 Å². The first-order valence-corrected chi connectivity index (χ1v) is 4.57. The Labute approximate surface area is 102 Å². The molecule has 0 heterocycles. The summed E-state index contributed by atoms with van der Waals surface area (Å²) in [6.07, 6.45) is 0. The average Bonchev–Trinajstić information content (AvgIpc) is 2.04. The zero-order valence-corrected chi connectivity index (χ0v) is 10.1. The number of hydrogen-bond donors (Lipinski definition) is 0. The SMILES string of the molecule is O=[N+]([O-])OS(=O)(=O)c1ccccc1.[Na]. The van der Waals surface area contributed by atoms with E-state index in [4.69, 9.17) is 0 Å². The predicted molar refractivity (Wildman–Crippen MR) is 47.5 cm³/mol. The largest absolute Gasteiger partial charge is 0.334 e. The van der Waals surface area contributed by atoms with Gasteiger partial charge in [-0.05, 0) is 12.1 Å². The first-order chi connectivity index (χ1) is 6.02. The van der Waals surface area contributed by atoms with E-state index in [-0.39, 0.29) is 34.5 Å². The summed E-state index contributed by atoms with van der Waals surface area (Å²) >= 11 is 0. The van der Waals surface area contributed by atoms with Crippen molar-refractivity contribution in [1.29, 1.82) is 0 Å². The van der Waals surface area contributed by atoms with Crippen molar-refractivity contribution in [3.8, 4) is 0 Å². The van der Waals surface area contributed by atoms with Crippen LogP contribution in [0.3, 0.4) is 0 Å². The Morgan fingerprint density at radius 2 is 1.71 bits per heavy atom. The molecule has 0 spiro atoms. The van der Waals surface area contributed by atoms with Crippen LogP contribution in [0.5, 0.6) is 0 Å².